The lowest BCUT2D eigenvalue weighted by Gasteiger charge is -2.04. The summed E-state index contributed by atoms with van der Waals surface area (Å²) in [5, 5.41) is 0. The third-order valence-corrected chi connectivity index (χ3v) is 3.68. The van der Waals surface area contributed by atoms with E-state index in [1.807, 2.05) is 12.1 Å². The molecular weight excluding hydrogens is 410 g/mol. The predicted molar refractivity (Wildman–Crippen MR) is 81.3 cm³/mol. The zero-order valence-corrected chi connectivity index (χ0v) is 13.0. The molecule has 0 fully saturated rings. The molecule has 18 heavy (non-hydrogen) atoms. The number of carbonyl (C=O) groups excluding carboxylic acids is 1. The summed E-state index contributed by atoms with van der Waals surface area (Å²) >= 11 is 5.34. The van der Waals surface area contributed by atoms with E-state index in [2.05, 4.69) is 38.5 Å². The average Bonchev–Trinajstić information content (AvgIpc) is 2.32. The van der Waals surface area contributed by atoms with Crippen LogP contribution in [-0.4, -0.2) is 5.78 Å². The molecule has 4 heteroatoms. The normalized spacial score (nSPS) is 10.4. The molecule has 0 bridgehead atoms. The number of ketones is 1. The van der Waals surface area contributed by atoms with Crippen LogP contribution in [0, 0.1) is 9.39 Å². The van der Waals surface area contributed by atoms with Gasteiger partial charge in [0.2, 0.25) is 0 Å². The molecular formula is C14H9BrFIO. The van der Waals surface area contributed by atoms with E-state index in [0.717, 1.165) is 3.57 Å². The molecule has 0 aromatic heterocycles. The van der Waals surface area contributed by atoms with Gasteiger partial charge in [0.05, 0.1) is 0 Å². The van der Waals surface area contributed by atoms with E-state index in [0.29, 0.717) is 15.6 Å². The Hall–Kier alpha value is -0.750. The molecule has 1 nitrogen and oxygen atoms in total. The van der Waals surface area contributed by atoms with Gasteiger partial charge in [0.1, 0.15) is 5.82 Å². The second-order valence-electron chi connectivity index (χ2n) is 3.85. The van der Waals surface area contributed by atoms with Crippen molar-refractivity contribution in [1.82, 2.24) is 0 Å². The molecule has 2 aromatic carbocycles. The fourth-order valence-electron chi connectivity index (χ4n) is 1.60. The lowest BCUT2D eigenvalue weighted by atomic mass is 10.0. The maximum atomic E-state index is 13.6. The summed E-state index contributed by atoms with van der Waals surface area (Å²) in [5.41, 5.74) is 1.03. The van der Waals surface area contributed by atoms with Crippen LogP contribution in [0.25, 0.3) is 0 Å². The number of carbonyl (C=O) groups is 1. The molecule has 0 saturated carbocycles. The second-order valence-corrected chi connectivity index (χ2v) is 6.01. The molecule has 0 atom stereocenters. The van der Waals surface area contributed by atoms with Gasteiger partial charge in [-0.05, 0) is 52.4 Å². The van der Waals surface area contributed by atoms with E-state index in [9.17, 15) is 9.18 Å². The lowest BCUT2D eigenvalue weighted by molar-refractivity contribution is 0.0992. The molecule has 0 aliphatic carbocycles. The van der Waals surface area contributed by atoms with Crippen LogP contribution in [0.4, 0.5) is 4.39 Å². The lowest BCUT2D eigenvalue weighted by Crippen LogP contribution is -2.05. The van der Waals surface area contributed by atoms with Gasteiger partial charge in [-0.15, -0.1) is 0 Å². The van der Waals surface area contributed by atoms with Crippen LogP contribution < -0.4 is 0 Å². The smallest absolute Gasteiger partial charge is 0.167 e. The van der Waals surface area contributed by atoms with E-state index in [1.165, 1.54) is 6.07 Å². The van der Waals surface area contributed by atoms with Crippen molar-refractivity contribution in [3.05, 3.63) is 67.5 Å². The Morgan fingerprint density at radius 2 is 2.00 bits per heavy atom. The number of rotatable bonds is 3. The maximum Gasteiger partial charge on any atom is 0.167 e. The Balaban J connectivity index is 2.21. The van der Waals surface area contributed by atoms with Crippen LogP contribution in [0.3, 0.4) is 0 Å². The highest BCUT2D eigenvalue weighted by molar-refractivity contribution is 14.1. The fraction of sp³-hybridized carbons (Fsp3) is 0.0714. The maximum absolute atomic E-state index is 13.6. The minimum atomic E-state index is -0.358. The summed E-state index contributed by atoms with van der Waals surface area (Å²) < 4.78 is 15.3. The molecule has 0 spiro atoms. The number of Topliss-reactive ketones (excluding diaryl/α,β-unsaturated/α-hetero) is 1. The van der Waals surface area contributed by atoms with Gasteiger partial charge in [-0.2, -0.15) is 0 Å². The summed E-state index contributed by atoms with van der Waals surface area (Å²) in [5.74, 6) is -0.432. The topological polar surface area (TPSA) is 17.1 Å². The summed E-state index contributed by atoms with van der Waals surface area (Å²) in [4.78, 5) is 12.0. The van der Waals surface area contributed by atoms with Crippen molar-refractivity contribution in [1.29, 1.82) is 0 Å². The van der Waals surface area contributed by atoms with E-state index in [4.69, 9.17) is 0 Å². The number of halogens is 3. The molecule has 0 aliphatic rings. The highest BCUT2D eigenvalue weighted by Crippen LogP contribution is 2.17. The Kier molecular flexibility index (Phi) is 4.50. The predicted octanol–water partition coefficient (Wildman–Crippen LogP) is 4.62. The first-order valence-electron chi connectivity index (χ1n) is 5.29. The number of hydrogen-bond acceptors (Lipinski definition) is 1. The van der Waals surface area contributed by atoms with E-state index >= 15 is 0 Å². The van der Waals surface area contributed by atoms with Crippen molar-refractivity contribution in [3.8, 4) is 0 Å². The Labute approximate surface area is 127 Å². The SMILES string of the molecule is O=C(Cc1ccc(Br)cc1F)c1cccc(I)c1. The van der Waals surface area contributed by atoms with E-state index in [-0.39, 0.29) is 18.0 Å². The first-order chi connectivity index (χ1) is 8.56. The third kappa shape index (κ3) is 3.38. The van der Waals surface area contributed by atoms with Crippen molar-refractivity contribution in [2.24, 2.45) is 0 Å². The molecule has 0 saturated heterocycles. The summed E-state index contributed by atoms with van der Waals surface area (Å²) in [6.07, 6.45) is 0.0825. The monoisotopic (exact) mass is 418 g/mol. The first-order valence-corrected chi connectivity index (χ1v) is 7.16. The second kappa shape index (κ2) is 5.93. The van der Waals surface area contributed by atoms with Crippen LogP contribution in [0.1, 0.15) is 15.9 Å². The summed E-state index contributed by atoms with van der Waals surface area (Å²) in [6, 6.07) is 12.0. The largest absolute Gasteiger partial charge is 0.294 e. The van der Waals surface area contributed by atoms with Crippen molar-refractivity contribution >= 4 is 44.3 Å². The zero-order chi connectivity index (χ0) is 13.1. The minimum absolute atomic E-state index is 0.0743. The van der Waals surface area contributed by atoms with Gasteiger partial charge in [0.15, 0.2) is 5.78 Å². The van der Waals surface area contributed by atoms with Crippen LogP contribution in [0.5, 0.6) is 0 Å². The van der Waals surface area contributed by atoms with E-state index < -0.39 is 0 Å². The average molecular weight is 419 g/mol. The Bertz CT molecular complexity index is 598. The van der Waals surface area contributed by atoms with Crippen molar-refractivity contribution in [3.63, 3.8) is 0 Å². The molecule has 92 valence electrons. The number of hydrogen-bond donors (Lipinski definition) is 0. The molecule has 2 aromatic rings. The van der Waals surface area contributed by atoms with Crippen LogP contribution in [-0.2, 0) is 6.42 Å². The van der Waals surface area contributed by atoms with Crippen molar-refractivity contribution in [2.45, 2.75) is 6.42 Å². The fourth-order valence-corrected chi connectivity index (χ4v) is 2.48. The Morgan fingerprint density at radius 1 is 1.22 bits per heavy atom. The van der Waals surface area contributed by atoms with Crippen molar-refractivity contribution in [2.75, 3.05) is 0 Å². The zero-order valence-electron chi connectivity index (χ0n) is 9.29. The molecule has 0 amide bonds. The summed E-state index contributed by atoms with van der Waals surface area (Å²) in [7, 11) is 0. The highest BCUT2D eigenvalue weighted by Gasteiger charge is 2.11. The standard InChI is InChI=1S/C14H9BrFIO/c15-11-5-4-9(13(16)8-11)7-14(18)10-2-1-3-12(17)6-10/h1-6,8H,7H2. The van der Waals surface area contributed by atoms with Gasteiger partial charge in [-0.25, -0.2) is 4.39 Å². The van der Waals surface area contributed by atoms with Gasteiger partial charge in [-0.1, -0.05) is 34.1 Å². The first kappa shape index (κ1) is 13.7. The number of benzene rings is 2. The molecule has 0 unspecified atom stereocenters. The van der Waals surface area contributed by atoms with Gasteiger partial charge < -0.3 is 0 Å². The molecule has 0 aliphatic heterocycles. The van der Waals surface area contributed by atoms with Gasteiger partial charge in [0, 0.05) is 20.0 Å². The molecule has 2 rings (SSSR count). The molecule has 0 N–H and O–H groups in total. The van der Waals surface area contributed by atoms with Gasteiger partial charge in [-0.3, -0.25) is 4.79 Å². The summed E-state index contributed by atoms with van der Waals surface area (Å²) in [6.45, 7) is 0. The van der Waals surface area contributed by atoms with E-state index in [1.54, 1.807) is 24.3 Å². The van der Waals surface area contributed by atoms with Crippen molar-refractivity contribution < 1.29 is 9.18 Å². The van der Waals surface area contributed by atoms with Gasteiger partial charge >= 0.3 is 0 Å². The quantitative estimate of drug-likeness (QED) is 0.525. The van der Waals surface area contributed by atoms with Crippen LogP contribution in [0.2, 0.25) is 0 Å². The Morgan fingerprint density at radius 3 is 2.67 bits per heavy atom. The third-order valence-electron chi connectivity index (χ3n) is 2.51. The highest BCUT2D eigenvalue weighted by atomic mass is 127. The van der Waals surface area contributed by atoms with Crippen LogP contribution in [0.15, 0.2) is 46.9 Å². The van der Waals surface area contributed by atoms with Gasteiger partial charge in [0.25, 0.3) is 0 Å². The molecule has 0 heterocycles. The minimum Gasteiger partial charge on any atom is -0.294 e. The van der Waals surface area contributed by atoms with Crippen LogP contribution >= 0.6 is 38.5 Å². The molecule has 0 radical (unpaired) electrons.